The number of hydrogen-bond donors (Lipinski definition) is 2. The second-order valence-corrected chi connectivity index (χ2v) is 5.01. The van der Waals surface area contributed by atoms with Crippen molar-refractivity contribution in [2.75, 3.05) is 19.6 Å². The van der Waals surface area contributed by atoms with Crippen molar-refractivity contribution in [2.45, 2.75) is 19.4 Å². The molecular formula is C12H18N4O4. The van der Waals surface area contributed by atoms with Crippen molar-refractivity contribution in [1.82, 2.24) is 15.1 Å². The summed E-state index contributed by atoms with van der Waals surface area (Å²) in [6.45, 7) is 6.41. The Morgan fingerprint density at radius 2 is 1.85 bits per heavy atom. The lowest BCUT2D eigenvalue weighted by Gasteiger charge is -2.25. The van der Waals surface area contributed by atoms with E-state index < -0.39 is 35.8 Å². The lowest BCUT2D eigenvalue weighted by Crippen LogP contribution is -2.52. The van der Waals surface area contributed by atoms with Crippen molar-refractivity contribution in [3.05, 3.63) is 12.7 Å². The molecule has 1 heterocycles. The van der Waals surface area contributed by atoms with Crippen LogP contribution in [-0.4, -0.2) is 58.7 Å². The molecule has 0 aromatic rings. The number of carbonyl (C=O) groups excluding carboxylic acids is 4. The van der Waals surface area contributed by atoms with Gasteiger partial charge in [-0.3, -0.25) is 19.3 Å². The van der Waals surface area contributed by atoms with Crippen LogP contribution in [-0.2, 0) is 14.4 Å². The molecule has 1 saturated heterocycles. The van der Waals surface area contributed by atoms with Gasteiger partial charge in [0, 0.05) is 18.6 Å². The predicted molar refractivity (Wildman–Crippen MR) is 70.3 cm³/mol. The van der Waals surface area contributed by atoms with Crippen LogP contribution in [0.25, 0.3) is 0 Å². The van der Waals surface area contributed by atoms with Gasteiger partial charge in [0.1, 0.15) is 6.54 Å². The van der Waals surface area contributed by atoms with E-state index in [9.17, 15) is 19.2 Å². The van der Waals surface area contributed by atoms with Gasteiger partial charge in [-0.25, -0.2) is 9.69 Å². The molecule has 1 aliphatic rings. The summed E-state index contributed by atoms with van der Waals surface area (Å²) in [7, 11) is 0. The Morgan fingerprint density at radius 3 is 2.35 bits per heavy atom. The molecule has 1 aliphatic heterocycles. The quantitative estimate of drug-likeness (QED) is 0.361. The van der Waals surface area contributed by atoms with Crippen LogP contribution in [0.15, 0.2) is 12.7 Å². The van der Waals surface area contributed by atoms with Gasteiger partial charge < -0.3 is 11.1 Å². The highest BCUT2D eigenvalue weighted by Gasteiger charge is 2.44. The Hall–Kier alpha value is -2.22. The molecule has 20 heavy (non-hydrogen) atoms. The Labute approximate surface area is 116 Å². The van der Waals surface area contributed by atoms with Gasteiger partial charge in [-0.2, -0.15) is 0 Å². The van der Waals surface area contributed by atoms with E-state index in [1.165, 1.54) is 6.08 Å². The molecule has 8 heteroatoms. The number of rotatable bonds is 6. The zero-order chi connectivity index (χ0) is 15.5. The number of nitrogens with one attached hydrogen (secondary N) is 1. The number of imide groups is 2. The predicted octanol–water partition coefficient (Wildman–Crippen LogP) is -1.18. The average Bonchev–Trinajstić information content (AvgIpc) is 2.56. The molecule has 1 rings (SSSR count). The first-order valence-corrected chi connectivity index (χ1v) is 6.03. The van der Waals surface area contributed by atoms with Gasteiger partial charge in [0.05, 0.1) is 0 Å². The molecule has 0 aromatic heterocycles. The maximum absolute atomic E-state index is 11.8. The van der Waals surface area contributed by atoms with E-state index >= 15 is 0 Å². The van der Waals surface area contributed by atoms with E-state index in [1.807, 2.05) is 0 Å². The summed E-state index contributed by atoms with van der Waals surface area (Å²) in [4.78, 5) is 48.2. The Bertz CT molecular complexity index is 472. The molecule has 0 radical (unpaired) electrons. The minimum atomic E-state index is -1.02. The second kappa shape index (κ2) is 5.83. The molecule has 0 aromatic carbocycles. The summed E-state index contributed by atoms with van der Waals surface area (Å²) < 4.78 is 0. The lowest BCUT2D eigenvalue weighted by atomic mass is 10.1. The number of nitrogens with two attached hydrogens (primary N) is 1. The molecule has 110 valence electrons. The highest BCUT2D eigenvalue weighted by Crippen LogP contribution is 2.11. The Morgan fingerprint density at radius 1 is 1.30 bits per heavy atom. The fourth-order valence-electron chi connectivity index (χ4n) is 1.59. The van der Waals surface area contributed by atoms with Gasteiger partial charge >= 0.3 is 17.8 Å². The summed E-state index contributed by atoms with van der Waals surface area (Å²) in [6.07, 6.45) is 1.32. The van der Waals surface area contributed by atoms with Gasteiger partial charge in [0.2, 0.25) is 5.91 Å². The second-order valence-electron chi connectivity index (χ2n) is 5.01. The molecular weight excluding hydrogens is 264 g/mol. The van der Waals surface area contributed by atoms with Gasteiger partial charge in [0.15, 0.2) is 0 Å². The number of carbonyl (C=O) groups is 4. The first kappa shape index (κ1) is 15.8. The SMILES string of the molecule is C=CCN1C(=O)C(=O)N(CC(=O)NC(C)(C)CN)C1=O. The number of hydrogen-bond acceptors (Lipinski definition) is 5. The molecule has 0 atom stereocenters. The van der Waals surface area contributed by atoms with Crippen LogP contribution in [0.3, 0.4) is 0 Å². The molecule has 0 aliphatic carbocycles. The molecule has 3 N–H and O–H groups in total. The van der Waals surface area contributed by atoms with Gasteiger partial charge in [-0.05, 0) is 13.8 Å². The zero-order valence-corrected chi connectivity index (χ0v) is 11.5. The topological polar surface area (TPSA) is 113 Å². The van der Waals surface area contributed by atoms with Gasteiger partial charge in [-0.1, -0.05) is 6.08 Å². The molecule has 8 nitrogen and oxygen atoms in total. The van der Waals surface area contributed by atoms with Crippen molar-refractivity contribution in [1.29, 1.82) is 0 Å². The van der Waals surface area contributed by atoms with Crippen LogP contribution >= 0.6 is 0 Å². The monoisotopic (exact) mass is 282 g/mol. The van der Waals surface area contributed by atoms with Crippen LogP contribution in [0.2, 0.25) is 0 Å². The summed E-state index contributed by atoms with van der Waals surface area (Å²) in [5.74, 6) is -2.53. The highest BCUT2D eigenvalue weighted by atomic mass is 16.2. The van der Waals surface area contributed by atoms with E-state index in [0.29, 0.717) is 4.90 Å². The largest absolute Gasteiger partial charge is 0.348 e. The smallest absolute Gasteiger partial charge is 0.335 e. The van der Waals surface area contributed by atoms with Crippen LogP contribution < -0.4 is 11.1 Å². The number of nitrogens with zero attached hydrogens (tertiary/aromatic N) is 2. The lowest BCUT2D eigenvalue weighted by molar-refractivity contribution is -0.143. The first-order valence-electron chi connectivity index (χ1n) is 6.03. The fourth-order valence-corrected chi connectivity index (χ4v) is 1.59. The number of urea groups is 1. The van der Waals surface area contributed by atoms with Crippen molar-refractivity contribution < 1.29 is 19.2 Å². The van der Waals surface area contributed by atoms with Crippen molar-refractivity contribution >= 4 is 23.8 Å². The first-order chi connectivity index (χ1) is 9.23. The molecule has 0 spiro atoms. The van der Waals surface area contributed by atoms with Crippen LogP contribution in [0.5, 0.6) is 0 Å². The van der Waals surface area contributed by atoms with Crippen molar-refractivity contribution in [2.24, 2.45) is 5.73 Å². The van der Waals surface area contributed by atoms with Crippen LogP contribution in [0.4, 0.5) is 4.79 Å². The third kappa shape index (κ3) is 3.21. The van der Waals surface area contributed by atoms with E-state index in [-0.39, 0.29) is 13.1 Å². The third-order valence-electron chi connectivity index (χ3n) is 2.74. The third-order valence-corrected chi connectivity index (χ3v) is 2.74. The Kier molecular flexibility index (Phi) is 4.61. The molecule has 1 fully saturated rings. The van der Waals surface area contributed by atoms with Crippen LogP contribution in [0, 0.1) is 0 Å². The minimum absolute atomic E-state index is 0.0736. The summed E-state index contributed by atoms with van der Waals surface area (Å²) in [6, 6.07) is -0.819. The summed E-state index contributed by atoms with van der Waals surface area (Å²) >= 11 is 0. The average molecular weight is 282 g/mol. The van der Waals surface area contributed by atoms with Crippen LogP contribution in [0.1, 0.15) is 13.8 Å². The Balaban J connectivity index is 2.75. The normalized spacial score (nSPS) is 15.8. The van der Waals surface area contributed by atoms with E-state index in [0.717, 1.165) is 4.90 Å². The van der Waals surface area contributed by atoms with Gasteiger partial charge in [0.25, 0.3) is 0 Å². The van der Waals surface area contributed by atoms with Crippen molar-refractivity contribution in [3.8, 4) is 0 Å². The summed E-state index contributed by atoms with van der Waals surface area (Å²) in [5, 5.41) is 2.58. The highest BCUT2D eigenvalue weighted by molar-refractivity contribution is 6.45. The fraction of sp³-hybridized carbons (Fsp3) is 0.500. The number of amides is 5. The molecule has 0 bridgehead atoms. The zero-order valence-electron chi connectivity index (χ0n) is 11.5. The van der Waals surface area contributed by atoms with E-state index in [4.69, 9.17) is 5.73 Å². The standard InChI is InChI=1S/C12H18N4O4/c1-4-5-15-9(18)10(19)16(11(15)20)6-8(17)14-12(2,3)7-13/h4H,1,5-7,13H2,2-3H3,(H,14,17). The van der Waals surface area contributed by atoms with E-state index in [2.05, 4.69) is 11.9 Å². The molecule has 5 amide bonds. The van der Waals surface area contributed by atoms with Crippen molar-refractivity contribution in [3.63, 3.8) is 0 Å². The maximum Gasteiger partial charge on any atom is 0.335 e. The summed E-state index contributed by atoms with van der Waals surface area (Å²) in [5.41, 5.74) is 4.81. The van der Waals surface area contributed by atoms with Gasteiger partial charge in [-0.15, -0.1) is 6.58 Å². The molecule has 0 saturated carbocycles. The maximum atomic E-state index is 11.8. The molecule has 0 unspecified atom stereocenters. The van der Waals surface area contributed by atoms with E-state index in [1.54, 1.807) is 13.8 Å². The minimum Gasteiger partial charge on any atom is -0.348 e.